The number of hydrogen-bond acceptors (Lipinski definition) is 1. The number of fused-ring (bicyclic) bond motifs is 1. The zero-order valence-electron chi connectivity index (χ0n) is 8.34. The summed E-state index contributed by atoms with van der Waals surface area (Å²) >= 11 is 0. The van der Waals surface area contributed by atoms with Gasteiger partial charge < -0.3 is 5.73 Å². The Bertz CT molecular complexity index is 168. The van der Waals surface area contributed by atoms with Crippen LogP contribution in [0.25, 0.3) is 0 Å². The van der Waals surface area contributed by atoms with Gasteiger partial charge in [0.05, 0.1) is 0 Å². The van der Waals surface area contributed by atoms with Crippen molar-refractivity contribution >= 4 is 0 Å². The second-order valence-electron chi connectivity index (χ2n) is 5.43. The Balaban J connectivity index is 1.94. The van der Waals surface area contributed by atoms with Crippen molar-refractivity contribution in [1.82, 2.24) is 0 Å². The van der Waals surface area contributed by atoms with Crippen molar-refractivity contribution in [2.75, 3.05) is 0 Å². The maximum Gasteiger partial charge on any atom is 0.0125 e. The highest BCUT2D eigenvalue weighted by Crippen LogP contribution is 2.48. The molecule has 2 saturated carbocycles. The predicted molar refractivity (Wildman–Crippen MR) is 51.8 cm³/mol. The third-order valence-electron chi connectivity index (χ3n) is 4.10. The standard InChI is InChI=1S/C11H21N/c1-11(2,12)10-6-5-8-3-4-9(8)7-10/h8-10H,3-7,12H2,1-2H3. The van der Waals surface area contributed by atoms with Gasteiger partial charge in [-0.2, -0.15) is 0 Å². The zero-order valence-corrected chi connectivity index (χ0v) is 8.34. The minimum Gasteiger partial charge on any atom is -0.325 e. The third kappa shape index (κ3) is 1.39. The second-order valence-corrected chi connectivity index (χ2v) is 5.43. The first kappa shape index (κ1) is 8.55. The van der Waals surface area contributed by atoms with E-state index < -0.39 is 0 Å². The first-order valence-corrected chi connectivity index (χ1v) is 5.36. The average molecular weight is 167 g/mol. The van der Waals surface area contributed by atoms with Crippen LogP contribution in [0.4, 0.5) is 0 Å². The van der Waals surface area contributed by atoms with E-state index in [0.29, 0.717) is 0 Å². The lowest BCUT2D eigenvalue weighted by Gasteiger charge is -2.47. The van der Waals surface area contributed by atoms with Crippen LogP contribution >= 0.6 is 0 Å². The molecular weight excluding hydrogens is 146 g/mol. The molecule has 2 N–H and O–H groups in total. The summed E-state index contributed by atoms with van der Waals surface area (Å²) in [5, 5.41) is 0. The van der Waals surface area contributed by atoms with Crippen molar-refractivity contribution in [3.8, 4) is 0 Å². The van der Waals surface area contributed by atoms with Crippen LogP contribution in [0.5, 0.6) is 0 Å². The Labute approximate surface area is 75.7 Å². The molecular formula is C11H21N. The molecule has 2 aliphatic rings. The molecule has 0 aromatic rings. The van der Waals surface area contributed by atoms with Crippen molar-refractivity contribution in [2.24, 2.45) is 23.5 Å². The van der Waals surface area contributed by atoms with Crippen molar-refractivity contribution in [3.05, 3.63) is 0 Å². The Morgan fingerprint density at radius 3 is 2.00 bits per heavy atom. The smallest absolute Gasteiger partial charge is 0.0125 e. The SMILES string of the molecule is CC(C)(N)C1CCC2CCC2C1. The largest absolute Gasteiger partial charge is 0.325 e. The van der Waals surface area contributed by atoms with E-state index >= 15 is 0 Å². The quantitative estimate of drug-likeness (QED) is 0.638. The molecule has 12 heavy (non-hydrogen) atoms. The molecule has 0 aromatic heterocycles. The Morgan fingerprint density at radius 1 is 1.00 bits per heavy atom. The monoisotopic (exact) mass is 167 g/mol. The maximum atomic E-state index is 6.14. The van der Waals surface area contributed by atoms with E-state index in [1.54, 1.807) is 0 Å². The normalized spacial score (nSPS) is 41.8. The molecule has 2 rings (SSSR count). The van der Waals surface area contributed by atoms with Crippen LogP contribution in [0.1, 0.15) is 46.0 Å². The van der Waals surface area contributed by atoms with Gasteiger partial charge in [-0.3, -0.25) is 0 Å². The number of hydrogen-bond donors (Lipinski definition) is 1. The molecule has 0 aliphatic heterocycles. The summed E-state index contributed by atoms with van der Waals surface area (Å²) in [7, 11) is 0. The topological polar surface area (TPSA) is 26.0 Å². The van der Waals surface area contributed by atoms with Crippen LogP contribution < -0.4 is 5.73 Å². The number of nitrogens with two attached hydrogens (primary N) is 1. The lowest BCUT2D eigenvalue weighted by molar-refractivity contribution is 0.0550. The van der Waals surface area contributed by atoms with Crippen molar-refractivity contribution in [3.63, 3.8) is 0 Å². The first-order valence-electron chi connectivity index (χ1n) is 5.36. The predicted octanol–water partition coefficient (Wildman–Crippen LogP) is 2.55. The first-order chi connectivity index (χ1) is 5.57. The molecule has 1 nitrogen and oxygen atoms in total. The second kappa shape index (κ2) is 2.73. The summed E-state index contributed by atoms with van der Waals surface area (Å²) in [6.45, 7) is 4.38. The lowest BCUT2D eigenvalue weighted by Crippen LogP contribution is -2.46. The minimum absolute atomic E-state index is 0.0700. The minimum atomic E-state index is 0.0700. The molecule has 0 aromatic carbocycles. The van der Waals surface area contributed by atoms with E-state index in [-0.39, 0.29) is 5.54 Å². The van der Waals surface area contributed by atoms with Gasteiger partial charge in [0.25, 0.3) is 0 Å². The summed E-state index contributed by atoms with van der Waals surface area (Å²) in [6, 6.07) is 0. The van der Waals surface area contributed by atoms with Crippen molar-refractivity contribution in [2.45, 2.75) is 51.5 Å². The van der Waals surface area contributed by atoms with Gasteiger partial charge in [-0.05, 0) is 63.7 Å². The molecule has 1 heteroatoms. The summed E-state index contributed by atoms with van der Waals surface area (Å²) in [4.78, 5) is 0. The van der Waals surface area contributed by atoms with Gasteiger partial charge in [0.15, 0.2) is 0 Å². The molecule has 70 valence electrons. The highest BCUT2D eigenvalue weighted by molar-refractivity contribution is 4.93. The van der Waals surface area contributed by atoms with E-state index in [1.807, 2.05) is 0 Å². The van der Waals surface area contributed by atoms with E-state index in [9.17, 15) is 0 Å². The van der Waals surface area contributed by atoms with Gasteiger partial charge in [-0.15, -0.1) is 0 Å². The fourth-order valence-electron chi connectivity index (χ4n) is 2.90. The van der Waals surface area contributed by atoms with Gasteiger partial charge >= 0.3 is 0 Å². The summed E-state index contributed by atoms with van der Waals surface area (Å²) < 4.78 is 0. The average Bonchev–Trinajstić information content (AvgIpc) is 1.89. The fourth-order valence-corrected chi connectivity index (χ4v) is 2.90. The maximum absolute atomic E-state index is 6.14. The molecule has 0 radical (unpaired) electrons. The number of rotatable bonds is 1. The zero-order chi connectivity index (χ0) is 8.77. The molecule has 0 bridgehead atoms. The molecule has 0 heterocycles. The molecule has 3 atom stereocenters. The highest BCUT2D eigenvalue weighted by atomic mass is 14.7. The van der Waals surface area contributed by atoms with Crippen LogP contribution in [-0.2, 0) is 0 Å². The van der Waals surface area contributed by atoms with Crippen LogP contribution in [0.15, 0.2) is 0 Å². The lowest BCUT2D eigenvalue weighted by atomic mass is 9.60. The highest BCUT2D eigenvalue weighted by Gasteiger charge is 2.40. The third-order valence-corrected chi connectivity index (χ3v) is 4.10. The van der Waals surface area contributed by atoms with E-state index in [4.69, 9.17) is 5.73 Å². The molecule has 2 aliphatic carbocycles. The van der Waals surface area contributed by atoms with Crippen LogP contribution in [0, 0.1) is 17.8 Å². The molecule has 2 fully saturated rings. The van der Waals surface area contributed by atoms with Gasteiger partial charge in [0.1, 0.15) is 0 Å². The van der Waals surface area contributed by atoms with E-state index in [2.05, 4.69) is 13.8 Å². The van der Waals surface area contributed by atoms with Gasteiger partial charge in [-0.1, -0.05) is 0 Å². The van der Waals surface area contributed by atoms with Crippen molar-refractivity contribution < 1.29 is 0 Å². The van der Waals surface area contributed by atoms with Gasteiger partial charge in [-0.25, -0.2) is 0 Å². The van der Waals surface area contributed by atoms with E-state index in [0.717, 1.165) is 17.8 Å². The van der Waals surface area contributed by atoms with Gasteiger partial charge in [0.2, 0.25) is 0 Å². The molecule has 0 amide bonds. The van der Waals surface area contributed by atoms with Gasteiger partial charge in [0, 0.05) is 5.54 Å². The summed E-state index contributed by atoms with van der Waals surface area (Å²) in [5.41, 5.74) is 6.21. The van der Waals surface area contributed by atoms with Crippen molar-refractivity contribution in [1.29, 1.82) is 0 Å². The van der Waals surface area contributed by atoms with Crippen LogP contribution in [0.2, 0.25) is 0 Å². The molecule has 0 saturated heterocycles. The summed E-state index contributed by atoms with van der Waals surface area (Å²) in [6.07, 6.45) is 7.23. The van der Waals surface area contributed by atoms with E-state index in [1.165, 1.54) is 32.1 Å². The summed E-state index contributed by atoms with van der Waals surface area (Å²) in [5.74, 6) is 2.93. The van der Waals surface area contributed by atoms with Crippen LogP contribution in [0.3, 0.4) is 0 Å². The molecule has 0 spiro atoms. The van der Waals surface area contributed by atoms with Crippen LogP contribution in [-0.4, -0.2) is 5.54 Å². The Kier molecular flexibility index (Phi) is 1.95. The Morgan fingerprint density at radius 2 is 1.58 bits per heavy atom. The molecule has 3 unspecified atom stereocenters. The fraction of sp³-hybridized carbons (Fsp3) is 1.00. The Hall–Kier alpha value is -0.0400.